The zero-order chi connectivity index (χ0) is 8.91. The van der Waals surface area contributed by atoms with Crippen molar-refractivity contribution in [3.05, 3.63) is 12.7 Å². The van der Waals surface area contributed by atoms with Crippen LogP contribution in [0, 0.1) is 5.92 Å². The van der Waals surface area contributed by atoms with Gasteiger partial charge in [0, 0.05) is 5.92 Å². The van der Waals surface area contributed by atoms with Gasteiger partial charge in [-0.2, -0.15) is 0 Å². The highest BCUT2D eigenvalue weighted by atomic mass is 15.3. The van der Waals surface area contributed by atoms with Gasteiger partial charge >= 0.3 is 0 Å². The molecule has 1 heteroatoms. The summed E-state index contributed by atoms with van der Waals surface area (Å²) in [6.07, 6.45) is 3.28. The summed E-state index contributed by atoms with van der Waals surface area (Å²) in [5, 5.41) is 0. The van der Waals surface area contributed by atoms with Crippen molar-refractivity contribution in [2.24, 2.45) is 5.92 Å². The largest absolute Gasteiger partial charge is 0.325 e. The Hall–Kier alpha value is -0.300. The van der Waals surface area contributed by atoms with E-state index in [4.69, 9.17) is 0 Å². The summed E-state index contributed by atoms with van der Waals surface area (Å²) >= 11 is 0. The Balaban J connectivity index is 3.79. The molecule has 0 fully saturated rings. The lowest BCUT2D eigenvalue weighted by Crippen LogP contribution is -2.42. The fraction of sp³-hybridized carbons (Fsp3) is 0.800. The molecule has 0 saturated carbocycles. The van der Waals surface area contributed by atoms with Gasteiger partial charge in [0.2, 0.25) is 0 Å². The Morgan fingerprint density at radius 2 is 2.00 bits per heavy atom. The molecule has 0 aliphatic rings. The van der Waals surface area contributed by atoms with E-state index in [0.29, 0.717) is 0 Å². The molecule has 1 unspecified atom stereocenters. The lowest BCUT2D eigenvalue weighted by molar-refractivity contribution is -0.887. The standard InChI is InChI=1S/C10H22N/c1-6-8-11(4,5)9-10(3)7-2/h6,10H,1,7-9H2,2-5H3/q+1. The maximum atomic E-state index is 3.76. The van der Waals surface area contributed by atoms with E-state index >= 15 is 0 Å². The minimum Gasteiger partial charge on any atom is -0.325 e. The number of quaternary nitrogens is 1. The molecule has 66 valence electrons. The SMILES string of the molecule is C=CC[N+](C)(C)CC(C)CC. The van der Waals surface area contributed by atoms with E-state index in [0.717, 1.165) is 16.9 Å². The van der Waals surface area contributed by atoms with Gasteiger partial charge in [-0.3, -0.25) is 0 Å². The molecule has 1 nitrogen and oxygen atoms in total. The average Bonchev–Trinajstić information content (AvgIpc) is 1.86. The van der Waals surface area contributed by atoms with Crippen LogP contribution in [0.2, 0.25) is 0 Å². The van der Waals surface area contributed by atoms with Crippen molar-refractivity contribution in [2.75, 3.05) is 27.2 Å². The topological polar surface area (TPSA) is 0 Å². The first-order valence-electron chi connectivity index (χ1n) is 4.44. The molecular formula is C10H22N+. The van der Waals surface area contributed by atoms with E-state index in [9.17, 15) is 0 Å². The molecule has 0 aromatic rings. The van der Waals surface area contributed by atoms with Crippen molar-refractivity contribution < 1.29 is 4.48 Å². The van der Waals surface area contributed by atoms with E-state index < -0.39 is 0 Å². The quantitative estimate of drug-likeness (QED) is 0.423. The van der Waals surface area contributed by atoms with Crippen LogP contribution in [0.5, 0.6) is 0 Å². The number of rotatable bonds is 5. The molecule has 0 aliphatic heterocycles. The van der Waals surface area contributed by atoms with Crippen LogP contribution in [-0.2, 0) is 0 Å². The van der Waals surface area contributed by atoms with E-state index in [2.05, 4.69) is 34.5 Å². The zero-order valence-electron chi connectivity index (χ0n) is 8.43. The highest BCUT2D eigenvalue weighted by Gasteiger charge is 2.15. The molecule has 0 radical (unpaired) electrons. The first kappa shape index (κ1) is 10.7. The Labute approximate surface area is 71.3 Å². The number of likely N-dealkylation sites (N-methyl/N-ethyl adjacent to an activating group) is 1. The molecule has 1 atom stereocenters. The van der Waals surface area contributed by atoms with Gasteiger partial charge < -0.3 is 4.48 Å². The second-order valence-electron chi connectivity index (χ2n) is 4.10. The molecule has 0 amide bonds. The van der Waals surface area contributed by atoms with Crippen molar-refractivity contribution in [1.82, 2.24) is 0 Å². The highest BCUT2D eigenvalue weighted by Crippen LogP contribution is 2.07. The smallest absolute Gasteiger partial charge is 0.0967 e. The van der Waals surface area contributed by atoms with Crippen LogP contribution in [0.25, 0.3) is 0 Å². The van der Waals surface area contributed by atoms with E-state index in [1.165, 1.54) is 13.0 Å². The van der Waals surface area contributed by atoms with Crippen LogP contribution in [-0.4, -0.2) is 31.7 Å². The molecule has 0 saturated heterocycles. The zero-order valence-corrected chi connectivity index (χ0v) is 8.43. The molecule has 11 heavy (non-hydrogen) atoms. The third-order valence-corrected chi connectivity index (χ3v) is 2.13. The summed E-state index contributed by atoms with van der Waals surface area (Å²) in [4.78, 5) is 0. The van der Waals surface area contributed by atoms with Crippen LogP contribution in [0.1, 0.15) is 20.3 Å². The highest BCUT2D eigenvalue weighted by molar-refractivity contribution is 4.65. The first-order valence-corrected chi connectivity index (χ1v) is 4.44. The summed E-state index contributed by atoms with van der Waals surface area (Å²) < 4.78 is 1.07. The average molecular weight is 156 g/mol. The van der Waals surface area contributed by atoms with Gasteiger partial charge in [-0.25, -0.2) is 0 Å². The maximum absolute atomic E-state index is 3.76. The summed E-state index contributed by atoms with van der Waals surface area (Å²) in [6.45, 7) is 10.6. The fourth-order valence-corrected chi connectivity index (χ4v) is 1.40. The van der Waals surface area contributed by atoms with E-state index in [1.807, 2.05) is 6.08 Å². The second kappa shape index (κ2) is 4.55. The summed E-state index contributed by atoms with van der Waals surface area (Å²) in [7, 11) is 4.52. The van der Waals surface area contributed by atoms with E-state index in [1.54, 1.807) is 0 Å². The van der Waals surface area contributed by atoms with Gasteiger partial charge in [0.15, 0.2) is 0 Å². The van der Waals surface area contributed by atoms with Gasteiger partial charge in [-0.1, -0.05) is 20.4 Å². The van der Waals surface area contributed by atoms with Crippen LogP contribution >= 0.6 is 0 Å². The van der Waals surface area contributed by atoms with Gasteiger partial charge in [-0.05, 0) is 12.5 Å². The molecule has 0 bridgehead atoms. The van der Waals surface area contributed by atoms with Crippen LogP contribution in [0.4, 0.5) is 0 Å². The minimum absolute atomic E-state index is 0.824. The number of hydrogen-bond acceptors (Lipinski definition) is 0. The van der Waals surface area contributed by atoms with Crippen LogP contribution in [0.15, 0.2) is 12.7 Å². The Morgan fingerprint density at radius 1 is 1.45 bits per heavy atom. The van der Waals surface area contributed by atoms with Crippen LogP contribution < -0.4 is 0 Å². The summed E-state index contributed by atoms with van der Waals surface area (Å²) in [5.41, 5.74) is 0. The Bertz CT molecular complexity index is 116. The summed E-state index contributed by atoms with van der Waals surface area (Å²) in [5.74, 6) is 0.824. The van der Waals surface area contributed by atoms with Crippen molar-refractivity contribution in [2.45, 2.75) is 20.3 Å². The van der Waals surface area contributed by atoms with E-state index in [-0.39, 0.29) is 0 Å². The monoisotopic (exact) mass is 156 g/mol. The molecule has 0 N–H and O–H groups in total. The second-order valence-corrected chi connectivity index (χ2v) is 4.10. The third kappa shape index (κ3) is 5.02. The van der Waals surface area contributed by atoms with Gasteiger partial charge in [-0.15, -0.1) is 0 Å². The van der Waals surface area contributed by atoms with Gasteiger partial charge in [0.25, 0.3) is 0 Å². The predicted octanol–water partition coefficient (Wildman–Crippen LogP) is 2.29. The lowest BCUT2D eigenvalue weighted by atomic mass is 10.1. The normalized spacial score (nSPS) is 14.5. The van der Waals surface area contributed by atoms with Crippen molar-refractivity contribution in [3.8, 4) is 0 Å². The molecule has 0 aromatic carbocycles. The molecule has 0 aromatic heterocycles. The lowest BCUT2D eigenvalue weighted by Gasteiger charge is -2.30. The Morgan fingerprint density at radius 3 is 2.36 bits per heavy atom. The molecule has 0 spiro atoms. The van der Waals surface area contributed by atoms with Crippen LogP contribution in [0.3, 0.4) is 0 Å². The third-order valence-electron chi connectivity index (χ3n) is 2.13. The molecule has 0 rings (SSSR count). The fourth-order valence-electron chi connectivity index (χ4n) is 1.40. The van der Waals surface area contributed by atoms with Crippen molar-refractivity contribution >= 4 is 0 Å². The Kier molecular flexibility index (Phi) is 4.43. The molecular weight excluding hydrogens is 134 g/mol. The maximum Gasteiger partial charge on any atom is 0.0967 e. The number of nitrogens with zero attached hydrogens (tertiary/aromatic N) is 1. The van der Waals surface area contributed by atoms with Crippen molar-refractivity contribution in [1.29, 1.82) is 0 Å². The number of hydrogen-bond donors (Lipinski definition) is 0. The first-order chi connectivity index (χ1) is 5.02. The summed E-state index contributed by atoms with van der Waals surface area (Å²) in [6, 6.07) is 0. The van der Waals surface area contributed by atoms with Gasteiger partial charge in [0.1, 0.15) is 0 Å². The molecule has 0 heterocycles. The van der Waals surface area contributed by atoms with Gasteiger partial charge in [0.05, 0.1) is 27.2 Å². The predicted molar refractivity (Wildman–Crippen MR) is 51.5 cm³/mol. The molecule has 0 aliphatic carbocycles. The van der Waals surface area contributed by atoms with Crippen molar-refractivity contribution in [3.63, 3.8) is 0 Å². The minimum atomic E-state index is 0.824.